The topological polar surface area (TPSA) is 67.5 Å². The maximum atomic E-state index is 10.8. The largest absolute Gasteiger partial charge is 0.476 e. The molecule has 19 heavy (non-hydrogen) atoms. The molecule has 94 valence electrons. The molecule has 2 aromatic heterocycles. The van der Waals surface area contributed by atoms with E-state index in [9.17, 15) is 4.79 Å². The van der Waals surface area contributed by atoms with Crippen molar-refractivity contribution in [3.8, 4) is 11.1 Å². The number of fused-ring (bicyclic) bond motifs is 1. The van der Waals surface area contributed by atoms with Gasteiger partial charge in [0.15, 0.2) is 11.3 Å². The Morgan fingerprint density at radius 1 is 1.21 bits per heavy atom. The van der Waals surface area contributed by atoms with Crippen LogP contribution in [0, 0.1) is 0 Å². The average molecular weight is 274 g/mol. The molecule has 3 rings (SSSR count). The van der Waals surface area contributed by atoms with Gasteiger partial charge in [-0.2, -0.15) is 5.10 Å². The normalized spacial score (nSPS) is 10.8. The number of nitrogens with zero attached hydrogens (tertiary/aromatic N) is 3. The van der Waals surface area contributed by atoms with E-state index in [2.05, 4.69) is 10.1 Å². The number of benzene rings is 1. The molecular weight excluding hydrogens is 266 g/mol. The third-order valence-corrected chi connectivity index (χ3v) is 2.96. The van der Waals surface area contributed by atoms with Gasteiger partial charge in [-0.3, -0.25) is 0 Å². The second kappa shape index (κ2) is 4.37. The zero-order valence-electron chi connectivity index (χ0n) is 9.62. The summed E-state index contributed by atoms with van der Waals surface area (Å²) in [5, 5.41) is 13.5. The number of rotatable bonds is 2. The fourth-order valence-electron chi connectivity index (χ4n) is 1.77. The van der Waals surface area contributed by atoms with E-state index < -0.39 is 5.97 Å². The van der Waals surface area contributed by atoms with Crippen molar-refractivity contribution in [2.75, 3.05) is 0 Å². The molecule has 0 radical (unpaired) electrons. The summed E-state index contributed by atoms with van der Waals surface area (Å²) >= 11 is 5.83. The van der Waals surface area contributed by atoms with Crippen LogP contribution < -0.4 is 0 Å². The van der Waals surface area contributed by atoms with Crippen LogP contribution in [0.1, 0.15) is 10.5 Å². The molecule has 0 aliphatic carbocycles. The first-order chi connectivity index (χ1) is 9.13. The molecule has 0 atom stereocenters. The Bertz CT molecular complexity index is 765. The van der Waals surface area contributed by atoms with Gasteiger partial charge in [-0.25, -0.2) is 14.3 Å². The third kappa shape index (κ3) is 2.15. The fraction of sp³-hybridized carbons (Fsp3) is 0. The summed E-state index contributed by atoms with van der Waals surface area (Å²) in [5.41, 5.74) is 2.24. The minimum atomic E-state index is -1.07. The number of aromatic carboxylic acids is 1. The number of halogens is 1. The Morgan fingerprint density at radius 2 is 1.95 bits per heavy atom. The number of hydrogen-bond donors (Lipinski definition) is 1. The van der Waals surface area contributed by atoms with Crippen LogP contribution in [0.4, 0.5) is 0 Å². The van der Waals surface area contributed by atoms with Crippen molar-refractivity contribution in [2.24, 2.45) is 0 Å². The zero-order valence-corrected chi connectivity index (χ0v) is 10.4. The van der Waals surface area contributed by atoms with Crippen LogP contribution in [-0.4, -0.2) is 25.7 Å². The van der Waals surface area contributed by atoms with Gasteiger partial charge in [0.05, 0.1) is 0 Å². The molecule has 1 N–H and O–H groups in total. The van der Waals surface area contributed by atoms with Gasteiger partial charge >= 0.3 is 5.97 Å². The molecule has 0 bridgehead atoms. The highest BCUT2D eigenvalue weighted by atomic mass is 35.5. The molecule has 5 nitrogen and oxygen atoms in total. The summed E-state index contributed by atoms with van der Waals surface area (Å²) < 4.78 is 1.45. The van der Waals surface area contributed by atoms with E-state index in [0.29, 0.717) is 10.7 Å². The molecule has 0 spiro atoms. The van der Waals surface area contributed by atoms with Gasteiger partial charge < -0.3 is 5.11 Å². The molecule has 0 aliphatic heterocycles. The molecule has 0 unspecified atom stereocenters. The first kappa shape index (κ1) is 11.7. The van der Waals surface area contributed by atoms with Gasteiger partial charge in [0.25, 0.3) is 0 Å². The predicted octanol–water partition coefficient (Wildman–Crippen LogP) is 2.75. The molecule has 0 amide bonds. The lowest BCUT2D eigenvalue weighted by atomic mass is 10.1. The van der Waals surface area contributed by atoms with E-state index in [0.717, 1.165) is 11.1 Å². The molecule has 2 heterocycles. The zero-order chi connectivity index (χ0) is 13.4. The van der Waals surface area contributed by atoms with Gasteiger partial charge in [-0.1, -0.05) is 23.7 Å². The molecule has 3 aromatic rings. The van der Waals surface area contributed by atoms with E-state index in [1.165, 1.54) is 10.6 Å². The highest BCUT2D eigenvalue weighted by molar-refractivity contribution is 6.30. The third-order valence-electron chi connectivity index (χ3n) is 2.71. The van der Waals surface area contributed by atoms with Gasteiger partial charge in [0.2, 0.25) is 0 Å². The first-order valence-electron chi connectivity index (χ1n) is 5.48. The van der Waals surface area contributed by atoms with Crippen LogP contribution in [0.15, 0.2) is 42.7 Å². The van der Waals surface area contributed by atoms with Gasteiger partial charge in [0, 0.05) is 29.0 Å². The van der Waals surface area contributed by atoms with Gasteiger partial charge in [0.1, 0.15) is 0 Å². The SMILES string of the molecule is O=C(O)c1cc2ncc(-c3ccc(Cl)cc3)cn2n1. The quantitative estimate of drug-likeness (QED) is 0.779. The lowest BCUT2D eigenvalue weighted by molar-refractivity contribution is 0.0690. The van der Waals surface area contributed by atoms with Crippen LogP contribution in [0.3, 0.4) is 0 Å². The van der Waals surface area contributed by atoms with Crippen LogP contribution in [0.2, 0.25) is 5.02 Å². The summed E-state index contributed by atoms with van der Waals surface area (Å²) in [6, 6.07) is 8.73. The summed E-state index contributed by atoms with van der Waals surface area (Å²) in [6.45, 7) is 0. The van der Waals surface area contributed by atoms with E-state index >= 15 is 0 Å². The van der Waals surface area contributed by atoms with E-state index in [-0.39, 0.29) is 5.69 Å². The van der Waals surface area contributed by atoms with Gasteiger partial charge in [-0.05, 0) is 17.7 Å². The predicted molar refractivity (Wildman–Crippen MR) is 70.4 cm³/mol. The van der Waals surface area contributed by atoms with Crippen molar-refractivity contribution in [3.63, 3.8) is 0 Å². The van der Waals surface area contributed by atoms with E-state index in [1.807, 2.05) is 12.1 Å². The van der Waals surface area contributed by atoms with Crippen molar-refractivity contribution in [2.45, 2.75) is 0 Å². The molecule has 0 saturated heterocycles. The Hall–Kier alpha value is -2.40. The van der Waals surface area contributed by atoms with E-state index in [4.69, 9.17) is 16.7 Å². The molecule has 0 aliphatic rings. The molecule has 6 heteroatoms. The number of hydrogen-bond acceptors (Lipinski definition) is 3. The molecule has 1 aromatic carbocycles. The van der Waals surface area contributed by atoms with E-state index in [1.54, 1.807) is 24.5 Å². The standard InChI is InChI=1S/C13H8ClN3O2/c14-10-3-1-8(2-4-10)9-6-15-12-5-11(13(18)19)16-17(12)7-9/h1-7H,(H,18,19). The highest BCUT2D eigenvalue weighted by Crippen LogP contribution is 2.21. The fourth-order valence-corrected chi connectivity index (χ4v) is 1.90. The Balaban J connectivity index is 2.10. The number of carboxylic acid groups (broad SMARTS) is 1. The maximum Gasteiger partial charge on any atom is 0.356 e. The van der Waals surface area contributed by atoms with Crippen LogP contribution in [0.5, 0.6) is 0 Å². The van der Waals surface area contributed by atoms with Crippen molar-refractivity contribution in [1.29, 1.82) is 0 Å². The number of carboxylic acids is 1. The molecule has 0 fully saturated rings. The second-order valence-electron chi connectivity index (χ2n) is 3.99. The van der Waals surface area contributed by atoms with Crippen molar-refractivity contribution < 1.29 is 9.90 Å². The Morgan fingerprint density at radius 3 is 2.63 bits per heavy atom. The minimum absolute atomic E-state index is 0.0271. The summed E-state index contributed by atoms with van der Waals surface area (Å²) in [6.07, 6.45) is 3.41. The second-order valence-corrected chi connectivity index (χ2v) is 4.42. The van der Waals surface area contributed by atoms with Crippen molar-refractivity contribution in [3.05, 3.63) is 53.4 Å². The average Bonchev–Trinajstić information content (AvgIpc) is 2.82. The molecule has 0 saturated carbocycles. The van der Waals surface area contributed by atoms with Crippen LogP contribution in [-0.2, 0) is 0 Å². The first-order valence-corrected chi connectivity index (χ1v) is 5.86. The Labute approximate surface area is 113 Å². The van der Waals surface area contributed by atoms with Crippen LogP contribution >= 0.6 is 11.6 Å². The lowest BCUT2D eigenvalue weighted by Gasteiger charge is -2.01. The smallest absolute Gasteiger partial charge is 0.356 e. The van der Waals surface area contributed by atoms with Crippen molar-refractivity contribution >= 4 is 23.2 Å². The summed E-state index contributed by atoms with van der Waals surface area (Å²) in [7, 11) is 0. The van der Waals surface area contributed by atoms with Crippen LogP contribution in [0.25, 0.3) is 16.8 Å². The maximum absolute atomic E-state index is 10.8. The minimum Gasteiger partial charge on any atom is -0.476 e. The van der Waals surface area contributed by atoms with Crippen molar-refractivity contribution in [1.82, 2.24) is 14.6 Å². The highest BCUT2D eigenvalue weighted by Gasteiger charge is 2.10. The van der Waals surface area contributed by atoms with Gasteiger partial charge in [-0.15, -0.1) is 0 Å². The monoisotopic (exact) mass is 273 g/mol. The summed E-state index contributed by atoms with van der Waals surface area (Å²) in [5.74, 6) is -1.07. The number of aromatic nitrogens is 3. The Kier molecular flexibility index (Phi) is 2.68. The lowest BCUT2D eigenvalue weighted by Crippen LogP contribution is -1.97. The summed E-state index contributed by atoms with van der Waals surface area (Å²) in [4.78, 5) is 15.0. The number of carbonyl (C=O) groups is 1. The molecular formula is C13H8ClN3O2.